The number of nitrogens with zero attached hydrogens (tertiary/aromatic N) is 3. The van der Waals surface area contributed by atoms with Crippen molar-refractivity contribution in [3.63, 3.8) is 0 Å². The van der Waals surface area contributed by atoms with Crippen LogP contribution in [0.1, 0.15) is 11.1 Å². The van der Waals surface area contributed by atoms with Crippen LogP contribution in [0.3, 0.4) is 0 Å². The molecule has 26 heavy (non-hydrogen) atoms. The van der Waals surface area contributed by atoms with E-state index in [1.807, 2.05) is 67.9 Å². The van der Waals surface area contributed by atoms with Crippen LogP contribution in [0.15, 0.2) is 47.6 Å². The second-order valence-corrected chi connectivity index (χ2v) is 7.00. The molecule has 0 bridgehead atoms. The zero-order valence-electron chi connectivity index (χ0n) is 15.0. The molecule has 0 aliphatic rings. The third-order valence-corrected chi connectivity index (χ3v) is 5.13. The predicted molar refractivity (Wildman–Crippen MR) is 106 cm³/mol. The number of amides is 1. The van der Waals surface area contributed by atoms with Crippen molar-refractivity contribution in [2.45, 2.75) is 19.0 Å². The van der Waals surface area contributed by atoms with Crippen LogP contribution in [-0.4, -0.2) is 26.4 Å². The van der Waals surface area contributed by atoms with Crippen LogP contribution in [-0.2, 0) is 11.8 Å². The highest BCUT2D eigenvalue weighted by Gasteiger charge is 2.15. The van der Waals surface area contributed by atoms with E-state index in [1.165, 1.54) is 11.8 Å². The highest BCUT2D eigenvalue weighted by atomic mass is 32.2. The molecule has 0 radical (unpaired) electrons. The summed E-state index contributed by atoms with van der Waals surface area (Å²) < 4.78 is 1.85. The Morgan fingerprint density at radius 1 is 1.12 bits per heavy atom. The summed E-state index contributed by atoms with van der Waals surface area (Å²) in [6, 6.07) is 13.5. The monoisotopic (exact) mass is 367 g/mol. The van der Waals surface area contributed by atoms with Crippen molar-refractivity contribution >= 4 is 29.0 Å². The first-order chi connectivity index (χ1) is 12.5. The molecule has 3 aromatic rings. The fourth-order valence-electron chi connectivity index (χ4n) is 2.69. The molecular weight excluding hydrogens is 346 g/mol. The van der Waals surface area contributed by atoms with E-state index in [9.17, 15) is 4.79 Å². The average Bonchev–Trinajstić information content (AvgIpc) is 2.97. The Labute approximate surface area is 156 Å². The quantitative estimate of drug-likeness (QED) is 0.533. The number of hydrogen-bond donors (Lipinski definition) is 2. The van der Waals surface area contributed by atoms with Crippen LogP contribution in [0, 0.1) is 13.8 Å². The van der Waals surface area contributed by atoms with Crippen molar-refractivity contribution in [3.8, 4) is 11.4 Å². The van der Waals surface area contributed by atoms with Crippen molar-refractivity contribution < 1.29 is 4.79 Å². The summed E-state index contributed by atoms with van der Waals surface area (Å²) >= 11 is 1.34. The topological polar surface area (TPSA) is 85.8 Å². The third kappa shape index (κ3) is 3.72. The average molecular weight is 367 g/mol. The number of carbonyl (C=O) groups is 1. The molecule has 0 unspecified atom stereocenters. The largest absolute Gasteiger partial charge is 0.398 e. The van der Waals surface area contributed by atoms with Crippen LogP contribution in [0.2, 0.25) is 0 Å². The highest BCUT2D eigenvalue weighted by Crippen LogP contribution is 2.27. The van der Waals surface area contributed by atoms with Gasteiger partial charge in [-0.1, -0.05) is 42.1 Å². The number of aromatic nitrogens is 3. The molecule has 0 saturated heterocycles. The maximum Gasteiger partial charge on any atom is 0.234 e. The van der Waals surface area contributed by atoms with Gasteiger partial charge in [0, 0.05) is 24.0 Å². The Bertz CT molecular complexity index is 931. The first-order valence-electron chi connectivity index (χ1n) is 8.20. The van der Waals surface area contributed by atoms with E-state index >= 15 is 0 Å². The van der Waals surface area contributed by atoms with E-state index in [0.29, 0.717) is 16.7 Å². The zero-order valence-corrected chi connectivity index (χ0v) is 15.8. The summed E-state index contributed by atoms with van der Waals surface area (Å²) in [6.07, 6.45) is 0. The lowest BCUT2D eigenvalue weighted by Crippen LogP contribution is -2.16. The van der Waals surface area contributed by atoms with Gasteiger partial charge < -0.3 is 15.6 Å². The molecule has 2 aromatic carbocycles. The lowest BCUT2D eigenvalue weighted by Gasteiger charge is -2.11. The summed E-state index contributed by atoms with van der Waals surface area (Å²) in [6.45, 7) is 3.96. The summed E-state index contributed by atoms with van der Waals surface area (Å²) in [5, 5.41) is 12.1. The predicted octanol–water partition coefficient (Wildman–Crippen LogP) is 3.41. The molecule has 1 amide bonds. The number of nitrogen functional groups attached to an aromatic ring is 1. The molecule has 1 aromatic heterocycles. The van der Waals surface area contributed by atoms with Gasteiger partial charge in [-0.3, -0.25) is 4.79 Å². The first kappa shape index (κ1) is 18.0. The Morgan fingerprint density at radius 2 is 1.81 bits per heavy atom. The van der Waals surface area contributed by atoms with Crippen molar-refractivity contribution in [2.24, 2.45) is 7.05 Å². The van der Waals surface area contributed by atoms with Crippen molar-refractivity contribution in [1.82, 2.24) is 14.8 Å². The van der Waals surface area contributed by atoms with Gasteiger partial charge in [-0.15, -0.1) is 10.2 Å². The Kier molecular flexibility index (Phi) is 5.27. The van der Waals surface area contributed by atoms with Crippen molar-refractivity contribution in [3.05, 3.63) is 53.6 Å². The SMILES string of the molecule is Cc1cccc(C)c1NC(=O)CSc1nnc(-c2ccccc2N)n1C. The van der Waals surface area contributed by atoms with E-state index in [2.05, 4.69) is 15.5 Å². The number of aryl methyl sites for hydroxylation is 2. The first-order valence-corrected chi connectivity index (χ1v) is 9.19. The molecule has 0 fully saturated rings. The second kappa shape index (κ2) is 7.61. The summed E-state index contributed by atoms with van der Waals surface area (Å²) in [5.74, 6) is 0.862. The minimum absolute atomic E-state index is 0.0730. The molecule has 7 heteroatoms. The van der Waals surface area contributed by atoms with Gasteiger partial charge in [0.05, 0.1) is 5.75 Å². The van der Waals surface area contributed by atoms with E-state index in [1.54, 1.807) is 0 Å². The maximum absolute atomic E-state index is 12.3. The number of carbonyl (C=O) groups excluding carboxylic acids is 1. The van der Waals surface area contributed by atoms with Gasteiger partial charge in [0.25, 0.3) is 0 Å². The van der Waals surface area contributed by atoms with E-state index in [-0.39, 0.29) is 11.7 Å². The van der Waals surface area contributed by atoms with Crippen LogP contribution < -0.4 is 11.1 Å². The van der Waals surface area contributed by atoms with E-state index in [0.717, 1.165) is 22.4 Å². The molecule has 0 saturated carbocycles. The van der Waals surface area contributed by atoms with Gasteiger partial charge in [-0.25, -0.2) is 0 Å². The smallest absolute Gasteiger partial charge is 0.234 e. The lowest BCUT2D eigenvalue weighted by atomic mass is 10.1. The number of nitrogens with two attached hydrogens (primary N) is 1. The molecule has 3 N–H and O–H groups in total. The van der Waals surface area contributed by atoms with E-state index < -0.39 is 0 Å². The minimum atomic E-state index is -0.0730. The lowest BCUT2D eigenvalue weighted by molar-refractivity contribution is -0.113. The Morgan fingerprint density at radius 3 is 2.50 bits per heavy atom. The van der Waals surface area contributed by atoms with Crippen LogP contribution in [0.5, 0.6) is 0 Å². The van der Waals surface area contributed by atoms with Gasteiger partial charge in [-0.05, 0) is 37.1 Å². The van der Waals surface area contributed by atoms with E-state index in [4.69, 9.17) is 5.73 Å². The Hall–Kier alpha value is -2.80. The number of thioether (sulfide) groups is 1. The van der Waals surface area contributed by atoms with Gasteiger partial charge in [0.2, 0.25) is 5.91 Å². The van der Waals surface area contributed by atoms with Crippen LogP contribution >= 0.6 is 11.8 Å². The molecule has 6 nitrogen and oxygen atoms in total. The summed E-state index contributed by atoms with van der Waals surface area (Å²) in [5.41, 5.74) is 10.4. The van der Waals surface area contributed by atoms with Crippen LogP contribution in [0.25, 0.3) is 11.4 Å². The van der Waals surface area contributed by atoms with Gasteiger partial charge in [0.1, 0.15) is 0 Å². The number of anilines is 2. The van der Waals surface area contributed by atoms with Crippen molar-refractivity contribution in [2.75, 3.05) is 16.8 Å². The zero-order chi connectivity index (χ0) is 18.7. The van der Waals surface area contributed by atoms with Gasteiger partial charge in [0.15, 0.2) is 11.0 Å². The third-order valence-electron chi connectivity index (χ3n) is 4.11. The normalized spacial score (nSPS) is 10.7. The van der Waals surface area contributed by atoms with Gasteiger partial charge >= 0.3 is 0 Å². The number of nitrogens with one attached hydrogen (secondary N) is 1. The molecule has 0 atom stereocenters. The fraction of sp³-hybridized carbons (Fsp3) is 0.211. The molecule has 3 rings (SSSR count). The van der Waals surface area contributed by atoms with Crippen molar-refractivity contribution in [1.29, 1.82) is 0 Å². The molecule has 0 aliphatic heterocycles. The fourth-order valence-corrected chi connectivity index (χ4v) is 3.40. The molecule has 0 spiro atoms. The maximum atomic E-state index is 12.3. The standard InChI is InChI=1S/C19H21N5OS/c1-12-7-6-8-13(2)17(12)21-16(25)11-26-19-23-22-18(24(19)3)14-9-4-5-10-15(14)20/h4-10H,11,20H2,1-3H3,(H,21,25). The molecule has 0 aliphatic carbocycles. The Balaban J connectivity index is 1.69. The number of benzene rings is 2. The molecule has 134 valence electrons. The number of hydrogen-bond acceptors (Lipinski definition) is 5. The highest BCUT2D eigenvalue weighted by molar-refractivity contribution is 7.99. The van der Waals surface area contributed by atoms with Gasteiger partial charge in [-0.2, -0.15) is 0 Å². The molecular formula is C19H21N5OS. The number of rotatable bonds is 5. The number of para-hydroxylation sites is 2. The summed E-state index contributed by atoms with van der Waals surface area (Å²) in [4.78, 5) is 12.3. The summed E-state index contributed by atoms with van der Waals surface area (Å²) in [7, 11) is 1.87. The van der Waals surface area contributed by atoms with Crippen LogP contribution in [0.4, 0.5) is 11.4 Å². The second-order valence-electron chi connectivity index (χ2n) is 6.06. The minimum Gasteiger partial charge on any atom is -0.398 e. The molecule has 1 heterocycles.